The molecule has 1 fully saturated rings. The average molecular weight is 484 g/mol. The summed E-state index contributed by atoms with van der Waals surface area (Å²) in [6.45, 7) is -0.411. The second-order valence-corrected chi connectivity index (χ2v) is 8.17. The van der Waals surface area contributed by atoms with Gasteiger partial charge in [-0.2, -0.15) is 26.3 Å². The number of carbonyl (C=O) groups is 1. The molecule has 0 aliphatic carbocycles. The highest BCUT2D eigenvalue weighted by molar-refractivity contribution is 7.80. The summed E-state index contributed by atoms with van der Waals surface area (Å²) in [5.41, 5.74) is 0.403. The number of ether oxygens (including phenoxy) is 1. The minimum absolute atomic E-state index is 0.0484. The Kier molecular flexibility index (Phi) is 6.89. The first-order valence-corrected chi connectivity index (χ1v) is 10.4. The van der Waals surface area contributed by atoms with E-state index in [1.54, 1.807) is 24.3 Å². The summed E-state index contributed by atoms with van der Waals surface area (Å²) in [7, 11) is 0. The number of anilines is 1. The van der Waals surface area contributed by atoms with Crippen molar-refractivity contribution < 1.29 is 44.6 Å². The minimum Gasteiger partial charge on any atom is -0.426 e. The van der Waals surface area contributed by atoms with Gasteiger partial charge in [0.1, 0.15) is 0 Å². The Balaban J connectivity index is 1.68. The van der Waals surface area contributed by atoms with Crippen molar-refractivity contribution in [1.82, 2.24) is 4.90 Å². The van der Waals surface area contributed by atoms with Crippen LogP contribution in [-0.2, 0) is 16.0 Å². The maximum Gasteiger partial charge on any atom is 0.434 e. The monoisotopic (exact) mass is 484 g/mol. The molecule has 3 rings (SSSR count). The number of fused-ring (bicyclic) bond motifs is 1. The van der Waals surface area contributed by atoms with Crippen LogP contribution in [0.3, 0.4) is 0 Å². The topological polar surface area (TPSA) is 70.1 Å². The molecule has 1 aliphatic heterocycles. The minimum atomic E-state index is -5.80. The first-order valence-electron chi connectivity index (χ1n) is 9.32. The van der Waals surface area contributed by atoms with Crippen LogP contribution in [-0.4, -0.2) is 57.8 Å². The van der Waals surface area contributed by atoms with Gasteiger partial charge in [0, 0.05) is 19.6 Å². The molecule has 1 aliphatic rings. The Bertz CT molecular complexity index is 986. The fourth-order valence-corrected chi connectivity index (χ4v) is 4.10. The lowest BCUT2D eigenvalue weighted by Crippen LogP contribution is -2.48. The quantitative estimate of drug-likeness (QED) is 0.492. The summed E-state index contributed by atoms with van der Waals surface area (Å²) >= 11 is -2.45. The molecule has 2 atom stereocenters. The van der Waals surface area contributed by atoms with Gasteiger partial charge < -0.3 is 9.64 Å². The van der Waals surface area contributed by atoms with Crippen molar-refractivity contribution in [2.24, 2.45) is 5.92 Å². The number of benzene rings is 2. The van der Waals surface area contributed by atoms with Crippen LogP contribution in [0.15, 0.2) is 42.5 Å². The molecule has 32 heavy (non-hydrogen) atoms. The van der Waals surface area contributed by atoms with E-state index in [0.29, 0.717) is 5.69 Å². The molecule has 0 bridgehead atoms. The summed E-state index contributed by atoms with van der Waals surface area (Å²) in [6.07, 6.45) is -17.4. The van der Waals surface area contributed by atoms with Crippen molar-refractivity contribution >= 4 is 33.8 Å². The highest BCUT2D eigenvalue weighted by Gasteiger charge is 2.60. The van der Waals surface area contributed by atoms with Crippen molar-refractivity contribution in [3.63, 3.8) is 0 Å². The number of hydrogen-bond acceptors (Lipinski definition) is 3. The number of halogens is 6. The summed E-state index contributed by atoms with van der Waals surface area (Å²) in [5.74, 6) is -0.472. The van der Waals surface area contributed by atoms with E-state index in [0.717, 1.165) is 20.0 Å². The molecule has 0 spiro atoms. The van der Waals surface area contributed by atoms with Crippen molar-refractivity contribution in [2.75, 3.05) is 23.9 Å². The van der Waals surface area contributed by atoms with Gasteiger partial charge >= 0.3 is 18.4 Å². The smallest absolute Gasteiger partial charge is 0.426 e. The fraction of sp³-hybridized carbons (Fsp3) is 0.421. The van der Waals surface area contributed by atoms with Crippen LogP contribution in [0.25, 0.3) is 10.8 Å². The molecular weight excluding hydrogens is 466 g/mol. The predicted molar refractivity (Wildman–Crippen MR) is 104 cm³/mol. The average Bonchev–Trinajstić information content (AvgIpc) is 3.16. The molecular formula is C19H18F6N2O4S. The zero-order chi connectivity index (χ0) is 23.7. The summed E-state index contributed by atoms with van der Waals surface area (Å²) in [6, 6.07) is 12.3. The zero-order valence-corrected chi connectivity index (χ0v) is 17.1. The van der Waals surface area contributed by atoms with E-state index in [1.807, 2.05) is 18.2 Å². The van der Waals surface area contributed by atoms with Crippen LogP contribution >= 0.6 is 0 Å². The third-order valence-electron chi connectivity index (χ3n) is 4.99. The van der Waals surface area contributed by atoms with Crippen molar-refractivity contribution in [1.29, 1.82) is 0 Å². The van der Waals surface area contributed by atoms with Crippen molar-refractivity contribution in [2.45, 2.75) is 24.9 Å². The van der Waals surface area contributed by atoms with Gasteiger partial charge in [0.25, 0.3) is 17.4 Å². The van der Waals surface area contributed by atoms with Gasteiger partial charge in [-0.1, -0.05) is 30.3 Å². The lowest BCUT2D eigenvalue weighted by atomic mass is 10.1. The standard InChI is InChI=1S/C19H18F6N2O4S/c20-18(21,22)16(19(23,24)25)31-17(28)26-8-7-12(10-26)11-27(32(29)30)15-6-5-13-3-1-2-4-14(13)9-15/h1-6,9,12,16H,7-8,10-11H2,(H,29,30). The van der Waals surface area contributed by atoms with E-state index < -0.39 is 41.7 Å². The lowest BCUT2D eigenvalue weighted by molar-refractivity contribution is -0.308. The van der Waals surface area contributed by atoms with E-state index in [9.17, 15) is 39.9 Å². The molecule has 6 nitrogen and oxygen atoms in total. The Morgan fingerprint density at radius 1 is 1.12 bits per heavy atom. The van der Waals surface area contributed by atoms with Gasteiger partial charge in [0.2, 0.25) is 0 Å². The molecule has 1 amide bonds. The third kappa shape index (κ3) is 5.63. The fourth-order valence-electron chi connectivity index (χ4n) is 3.47. The number of amides is 1. The second-order valence-electron chi connectivity index (χ2n) is 7.27. The van der Waals surface area contributed by atoms with Crippen molar-refractivity contribution in [3.8, 4) is 0 Å². The number of nitrogens with zero attached hydrogens (tertiary/aromatic N) is 2. The van der Waals surface area contributed by atoms with E-state index in [-0.39, 0.29) is 26.1 Å². The Hall–Kier alpha value is -2.54. The SMILES string of the molecule is O=C(OC(C(F)(F)F)C(F)(F)F)N1CCC(CN(c2ccc3ccccc3c2)S(=O)O)C1. The number of rotatable bonds is 5. The molecule has 1 heterocycles. The van der Waals surface area contributed by atoms with Gasteiger partial charge in [0.15, 0.2) is 0 Å². The number of carbonyl (C=O) groups excluding carboxylic acids is 1. The summed E-state index contributed by atoms with van der Waals surface area (Å²) < 4.78 is 102. The Morgan fingerprint density at radius 3 is 2.34 bits per heavy atom. The molecule has 2 aromatic carbocycles. The summed E-state index contributed by atoms with van der Waals surface area (Å²) in [4.78, 5) is 12.6. The van der Waals surface area contributed by atoms with Crippen LogP contribution in [0.4, 0.5) is 36.8 Å². The Labute approximate surface area is 181 Å². The van der Waals surface area contributed by atoms with Crippen LogP contribution < -0.4 is 4.31 Å². The maximum atomic E-state index is 12.6. The molecule has 0 aromatic heterocycles. The van der Waals surface area contributed by atoms with E-state index in [4.69, 9.17) is 0 Å². The molecule has 13 heteroatoms. The number of likely N-dealkylation sites (tertiary alicyclic amines) is 1. The van der Waals surface area contributed by atoms with Gasteiger partial charge in [-0.3, -0.25) is 8.86 Å². The van der Waals surface area contributed by atoms with Gasteiger partial charge in [-0.15, -0.1) is 0 Å². The first-order chi connectivity index (χ1) is 14.9. The second kappa shape index (κ2) is 9.14. The zero-order valence-electron chi connectivity index (χ0n) is 16.3. The normalized spacial score (nSPS) is 18.2. The van der Waals surface area contributed by atoms with Crippen LogP contribution in [0.1, 0.15) is 6.42 Å². The van der Waals surface area contributed by atoms with Gasteiger partial charge in [-0.05, 0) is 35.2 Å². The molecule has 176 valence electrons. The highest BCUT2D eigenvalue weighted by atomic mass is 32.2. The highest BCUT2D eigenvalue weighted by Crippen LogP contribution is 2.36. The molecule has 2 unspecified atom stereocenters. The third-order valence-corrected chi connectivity index (χ3v) is 5.73. The molecule has 1 saturated heterocycles. The van der Waals surface area contributed by atoms with Gasteiger partial charge in [-0.25, -0.2) is 9.00 Å². The molecule has 0 radical (unpaired) electrons. The first kappa shape index (κ1) is 24.1. The van der Waals surface area contributed by atoms with E-state index in [1.165, 1.54) is 0 Å². The predicted octanol–water partition coefficient (Wildman–Crippen LogP) is 4.73. The number of alkyl halides is 6. The molecule has 1 N–H and O–H groups in total. The largest absolute Gasteiger partial charge is 0.434 e. The van der Waals surface area contributed by atoms with Gasteiger partial charge in [0.05, 0.1) is 5.69 Å². The lowest BCUT2D eigenvalue weighted by Gasteiger charge is -2.26. The van der Waals surface area contributed by atoms with E-state index >= 15 is 0 Å². The molecule has 2 aromatic rings. The van der Waals surface area contributed by atoms with Crippen molar-refractivity contribution in [3.05, 3.63) is 42.5 Å². The van der Waals surface area contributed by atoms with Crippen LogP contribution in [0, 0.1) is 5.92 Å². The van der Waals surface area contributed by atoms with Crippen LogP contribution in [0.5, 0.6) is 0 Å². The number of hydrogen-bond donors (Lipinski definition) is 1. The molecule has 0 saturated carbocycles. The van der Waals surface area contributed by atoms with Crippen LogP contribution in [0.2, 0.25) is 0 Å². The Morgan fingerprint density at radius 2 is 1.75 bits per heavy atom. The van der Waals surface area contributed by atoms with E-state index in [2.05, 4.69) is 4.74 Å². The maximum absolute atomic E-state index is 12.6. The summed E-state index contributed by atoms with van der Waals surface area (Å²) in [5, 5.41) is 1.71.